The monoisotopic (exact) mass is 360 g/mol. The van der Waals surface area contributed by atoms with Crippen LogP contribution in [0.15, 0.2) is 29.3 Å². The molecule has 1 heterocycles. The maximum atomic E-state index is 13.2. The lowest BCUT2D eigenvalue weighted by atomic mass is 10.1. The van der Waals surface area contributed by atoms with E-state index in [-0.39, 0.29) is 35.3 Å². The standard InChI is InChI=1S/C14H12F4N4OS/c15-10-2-1-7(4-9(10)14(16,17)18)3-8(23)6-24-12-5-11(19)21-13(20)22-12/h1-2,4-5H,3,6H2,(H4,19,20,21,22). The minimum absolute atomic E-state index is 0.0432. The topological polar surface area (TPSA) is 94.9 Å². The number of hydrogen-bond donors (Lipinski definition) is 2. The van der Waals surface area contributed by atoms with E-state index in [0.29, 0.717) is 17.2 Å². The molecular weight excluding hydrogens is 348 g/mol. The van der Waals surface area contributed by atoms with E-state index in [0.717, 1.165) is 17.8 Å². The van der Waals surface area contributed by atoms with E-state index in [9.17, 15) is 22.4 Å². The second kappa shape index (κ2) is 7.04. The van der Waals surface area contributed by atoms with Gasteiger partial charge in [-0.05, 0) is 17.7 Å². The summed E-state index contributed by atoms with van der Waals surface area (Å²) in [6.45, 7) is 0. The number of Topliss-reactive ketones (excluding diaryl/α,β-unsaturated/α-hetero) is 1. The zero-order valence-electron chi connectivity index (χ0n) is 12.1. The van der Waals surface area contributed by atoms with Crippen molar-refractivity contribution < 1.29 is 22.4 Å². The van der Waals surface area contributed by atoms with Crippen molar-refractivity contribution in [2.24, 2.45) is 0 Å². The van der Waals surface area contributed by atoms with Crippen LogP contribution in [-0.4, -0.2) is 21.5 Å². The smallest absolute Gasteiger partial charge is 0.383 e. The lowest BCUT2D eigenvalue weighted by molar-refractivity contribution is -0.140. The van der Waals surface area contributed by atoms with Crippen LogP contribution in [-0.2, 0) is 17.4 Å². The van der Waals surface area contributed by atoms with Crippen molar-refractivity contribution in [3.8, 4) is 0 Å². The second-order valence-electron chi connectivity index (χ2n) is 4.81. The predicted octanol–water partition coefficient (Wildman–Crippen LogP) is 2.70. The van der Waals surface area contributed by atoms with Gasteiger partial charge in [-0.3, -0.25) is 4.79 Å². The zero-order valence-corrected chi connectivity index (χ0v) is 12.9. The average molecular weight is 360 g/mol. The second-order valence-corrected chi connectivity index (χ2v) is 5.80. The Hall–Kier alpha value is -2.36. The summed E-state index contributed by atoms with van der Waals surface area (Å²) < 4.78 is 51.1. The van der Waals surface area contributed by atoms with E-state index < -0.39 is 17.6 Å². The van der Waals surface area contributed by atoms with Gasteiger partial charge in [0.25, 0.3) is 0 Å². The first-order valence-electron chi connectivity index (χ1n) is 6.55. The number of benzene rings is 1. The molecule has 2 rings (SSSR count). The van der Waals surface area contributed by atoms with E-state index in [1.165, 1.54) is 6.07 Å². The molecule has 4 N–H and O–H groups in total. The van der Waals surface area contributed by atoms with Gasteiger partial charge in [0.15, 0.2) is 0 Å². The van der Waals surface area contributed by atoms with Gasteiger partial charge in [0.2, 0.25) is 5.95 Å². The lowest BCUT2D eigenvalue weighted by Gasteiger charge is -2.10. The number of nitrogens with zero attached hydrogens (tertiary/aromatic N) is 2. The van der Waals surface area contributed by atoms with E-state index in [1.807, 2.05) is 0 Å². The molecule has 1 aromatic carbocycles. The summed E-state index contributed by atoms with van der Waals surface area (Å²) >= 11 is 1.03. The summed E-state index contributed by atoms with van der Waals surface area (Å²) in [5.74, 6) is -1.67. The van der Waals surface area contributed by atoms with Gasteiger partial charge >= 0.3 is 6.18 Å². The molecule has 24 heavy (non-hydrogen) atoms. The van der Waals surface area contributed by atoms with Crippen molar-refractivity contribution in [3.05, 3.63) is 41.2 Å². The van der Waals surface area contributed by atoms with Gasteiger partial charge in [0, 0.05) is 12.5 Å². The molecule has 0 fully saturated rings. The molecule has 0 saturated heterocycles. The first-order valence-corrected chi connectivity index (χ1v) is 7.54. The highest BCUT2D eigenvalue weighted by Gasteiger charge is 2.34. The Morgan fingerprint density at radius 1 is 1.17 bits per heavy atom. The van der Waals surface area contributed by atoms with Gasteiger partial charge in [-0.2, -0.15) is 18.2 Å². The first kappa shape index (κ1) is 18.0. The summed E-state index contributed by atoms with van der Waals surface area (Å²) in [5, 5.41) is 0.378. The number of ketones is 1. The molecule has 0 aliphatic heterocycles. The molecule has 1 aromatic heterocycles. The molecule has 5 nitrogen and oxygen atoms in total. The van der Waals surface area contributed by atoms with Crippen molar-refractivity contribution in [2.75, 3.05) is 17.2 Å². The number of nitrogen functional groups attached to an aromatic ring is 2. The summed E-state index contributed by atoms with van der Waals surface area (Å²) in [5.41, 5.74) is 9.60. The number of carbonyl (C=O) groups is 1. The number of halogens is 4. The van der Waals surface area contributed by atoms with Crippen molar-refractivity contribution in [3.63, 3.8) is 0 Å². The van der Waals surface area contributed by atoms with Crippen LogP contribution in [0.1, 0.15) is 11.1 Å². The quantitative estimate of drug-likeness (QED) is 0.484. The maximum Gasteiger partial charge on any atom is 0.419 e. The van der Waals surface area contributed by atoms with Gasteiger partial charge in [-0.15, -0.1) is 0 Å². The molecule has 0 saturated carbocycles. The highest BCUT2D eigenvalue weighted by Crippen LogP contribution is 2.32. The van der Waals surface area contributed by atoms with Crippen LogP contribution < -0.4 is 11.5 Å². The molecule has 0 aliphatic carbocycles. The SMILES string of the molecule is Nc1cc(SCC(=O)Cc2ccc(F)c(C(F)(F)F)c2)nc(N)n1. The summed E-state index contributed by atoms with van der Waals surface area (Å²) in [6, 6.07) is 3.91. The number of anilines is 2. The molecule has 0 atom stereocenters. The van der Waals surface area contributed by atoms with Crippen molar-refractivity contribution in [2.45, 2.75) is 17.6 Å². The largest absolute Gasteiger partial charge is 0.419 e. The van der Waals surface area contributed by atoms with Crippen molar-refractivity contribution in [1.82, 2.24) is 9.97 Å². The van der Waals surface area contributed by atoms with Crippen LogP contribution in [0.25, 0.3) is 0 Å². The van der Waals surface area contributed by atoms with Gasteiger partial charge in [0.05, 0.1) is 11.3 Å². The van der Waals surface area contributed by atoms with Crippen molar-refractivity contribution >= 4 is 29.3 Å². The normalized spacial score (nSPS) is 11.5. The summed E-state index contributed by atoms with van der Waals surface area (Å²) in [7, 11) is 0. The number of rotatable bonds is 5. The predicted molar refractivity (Wildman–Crippen MR) is 81.7 cm³/mol. The van der Waals surface area contributed by atoms with Gasteiger partial charge in [-0.1, -0.05) is 17.8 Å². The van der Waals surface area contributed by atoms with Crippen molar-refractivity contribution in [1.29, 1.82) is 0 Å². The van der Waals surface area contributed by atoms with Crippen LogP contribution in [0.2, 0.25) is 0 Å². The van der Waals surface area contributed by atoms with Gasteiger partial charge < -0.3 is 11.5 Å². The molecule has 0 spiro atoms. The zero-order chi connectivity index (χ0) is 17.9. The van der Waals surface area contributed by atoms with E-state index in [1.54, 1.807) is 0 Å². The number of hydrogen-bond acceptors (Lipinski definition) is 6. The van der Waals surface area contributed by atoms with E-state index in [4.69, 9.17) is 11.5 Å². The summed E-state index contributed by atoms with van der Waals surface area (Å²) in [4.78, 5) is 19.4. The van der Waals surface area contributed by atoms with Gasteiger partial charge in [-0.25, -0.2) is 9.37 Å². The third-order valence-electron chi connectivity index (χ3n) is 2.86. The molecule has 0 amide bonds. The van der Waals surface area contributed by atoms with E-state index >= 15 is 0 Å². The number of aromatic nitrogens is 2. The molecule has 10 heteroatoms. The minimum Gasteiger partial charge on any atom is -0.383 e. The maximum absolute atomic E-state index is 13.2. The Bertz CT molecular complexity index is 747. The molecule has 0 radical (unpaired) electrons. The van der Waals surface area contributed by atoms with E-state index in [2.05, 4.69) is 9.97 Å². The van der Waals surface area contributed by atoms with Crippen LogP contribution in [0.3, 0.4) is 0 Å². The minimum atomic E-state index is -4.81. The lowest BCUT2D eigenvalue weighted by Crippen LogP contribution is -2.11. The molecular formula is C14H12F4N4OS. The Morgan fingerprint density at radius 3 is 2.50 bits per heavy atom. The van der Waals surface area contributed by atoms with Gasteiger partial charge in [0.1, 0.15) is 22.4 Å². The Balaban J connectivity index is 2.02. The van der Waals surface area contributed by atoms with Crippen LogP contribution in [0, 0.1) is 5.82 Å². The number of nitrogens with two attached hydrogens (primary N) is 2. The number of thioether (sulfide) groups is 1. The fourth-order valence-corrected chi connectivity index (χ4v) is 2.64. The first-order chi connectivity index (χ1) is 11.1. The van der Waals surface area contributed by atoms with Crippen LogP contribution >= 0.6 is 11.8 Å². The van der Waals surface area contributed by atoms with Crippen LogP contribution in [0.4, 0.5) is 29.3 Å². The third kappa shape index (κ3) is 4.82. The highest BCUT2D eigenvalue weighted by atomic mass is 32.2. The average Bonchev–Trinajstić information content (AvgIpc) is 2.45. The fourth-order valence-electron chi connectivity index (χ4n) is 1.87. The Morgan fingerprint density at radius 2 is 1.88 bits per heavy atom. The summed E-state index contributed by atoms with van der Waals surface area (Å²) in [6.07, 6.45) is -5.07. The van der Waals surface area contributed by atoms with Crippen LogP contribution in [0.5, 0.6) is 0 Å². The molecule has 2 aromatic rings. The number of carbonyl (C=O) groups excluding carboxylic acids is 1. The number of alkyl halides is 3. The molecule has 0 unspecified atom stereocenters. The highest BCUT2D eigenvalue weighted by molar-refractivity contribution is 7.99. The molecule has 0 bridgehead atoms. The fraction of sp³-hybridized carbons (Fsp3) is 0.214. The Labute approximate surface area is 138 Å². The Kier molecular flexibility index (Phi) is 5.27. The molecule has 128 valence electrons. The molecule has 0 aliphatic rings. The third-order valence-corrected chi connectivity index (χ3v) is 3.83.